The molecule has 0 bridgehead atoms. The van der Waals surface area contributed by atoms with Crippen molar-refractivity contribution in [1.82, 2.24) is 0 Å². The lowest BCUT2D eigenvalue weighted by molar-refractivity contribution is -0.138. The van der Waals surface area contributed by atoms with Crippen LogP contribution in [0.1, 0.15) is 33.1 Å². The average Bonchev–Trinajstić information content (AvgIpc) is 2.00. The Hall–Kier alpha value is -1.05. The fourth-order valence-electron chi connectivity index (χ4n) is 0.606. The van der Waals surface area contributed by atoms with Crippen LogP contribution in [0.25, 0.3) is 0 Å². The molecule has 0 heterocycles. The minimum Gasteiger partial charge on any atom is -0.434 e. The van der Waals surface area contributed by atoms with E-state index in [1.165, 1.54) is 6.26 Å². The molecule has 0 saturated carbocycles. The third-order valence-electron chi connectivity index (χ3n) is 1.29. The topological polar surface area (TPSA) is 26.3 Å². The lowest BCUT2D eigenvalue weighted by atomic mass is 10.2. The monoisotopic (exact) mass is 168 g/mol. The van der Waals surface area contributed by atoms with Crippen molar-refractivity contribution >= 4 is 5.97 Å². The van der Waals surface area contributed by atoms with Crippen molar-refractivity contribution in [3.05, 3.63) is 24.5 Å². The summed E-state index contributed by atoms with van der Waals surface area (Å²) in [6.45, 7) is 7.52. The van der Waals surface area contributed by atoms with Crippen molar-refractivity contribution < 1.29 is 9.53 Å². The predicted molar refractivity (Wildman–Crippen MR) is 49.6 cm³/mol. The molecule has 0 radical (unpaired) electrons. The van der Waals surface area contributed by atoms with Crippen molar-refractivity contribution in [3.8, 4) is 0 Å². The number of unbranched alkanes of at least 4 members (excludes halogenated alkanes) is 1. The maximum Gasteiger partial charge on any atom is 0.310 e. The predicted octanol–water partition coefficient (Wildman–Crippen LogP) is 2.81. The number of allylic oxidation sites excluding steroid dienone is 2. The Labute approximate surface area is 73.9 Å². The van der Waals surface area contributed by atoms with Crippen molar-refractivity contribution in [3.63, 3.8) is 0 Å². The minimum absolute atomic E-state index is 0.172. The molecule has 0 spiro atoms. The highest BCUT2D eigenvalue weighted by molar-refractivity contribution is 5.69. The van der Waals surface area contributed by atoms with Crippen LogP contribution in [-0.4, -0.2) is 5.97 Å². The van der Waals surface area contributed by atoms with Crippen LogP contribution in [0.5, 0.6) is 0 Å². The molecule has 0 amide bonds. The molecule has 0 rings (SSSR count). The zero-order chi connectivity index (χ0) is 9.40. The molecule has 0 fully saturated rings. The fraction of sp³-hybridized carbons (Fsp3) is 0.500. The van der Waals surface area contributed by atoms with E-state index in [1.807, 2.05) is 13.8 Å². The Morgan fingerprint density at radius 2 is 2.25 bits per heavy atom. The summed E-state index contributed by atoms with van der Waals surface area (Å²) in [6.07, 6.45) is 5.46. The summed E-state index contributed by atoms with van der Waals surface area (Å²) in [5.41, 5.74) is 0.873. The second-order valence-electron chi connectivity index (χ2n) is 2.74. The van der Waals surface area contributed by atoms with E-state index in [4.69, 9.17) is 4.74 Å². The molecule has 0 aromatic heterocycles. The molecular weight excluding hydrogens is 152 g/mol. The smallest absolute Gasteiger partial charge is 0.310 e. The number of rotatable bonds is 5. The van der Waals surface area contributed by atoms with Crippen LogP contribution in [0.15, 0.2) is 24.5 Å². The maximum atomic E-state index is 10.9. The summed E-state index contributed by atoms with van der Waals surface area (Å²) in [7, 11) is 0. The van der Waals surface area contributed by atoms with E-state index in [2.05, 4.69) is 6.58 Å². The highest BCUT2D eigenvalue weighted by Gasteiger charge is 1.97. The lowest BCUT2D eigenvalue weighted by Crippen LogP contribution is -1.98. The summed E-state index contributed by atoms with van der Waals surface area (Å²) in [4.78, 5) is 10.9. The molecule has 0 unspecified atom stereocenters. The van der Waals surface area contributed by atoms with Gasteiger partial charge in [-0.15, -0.1) is 0 Å². The van der Waals surface area contributed by atoms with E-state index in [0.717, 1.165) is 18.4 Å². The molecule has 2 nitrogen and oxygen atoms in total. The van der Waals surface area contributed by atoms with E-state index >= 15 is 0 Å². The summed E-state index contributed by atoms with van der Waals surface area (Å²) < 4.78 is 4.77. The van der Waals surface area contributed by atoms with Gasteiger partial charge in [-0.1, -0.05) is 25.5 Å². The normalized spacial score (nSPS) is 10.2. The van der Waals surface area contributed by atoms with Crippen LogP contribution in [0.4, 0.5) is 0 Å². The van der Waals surface area contributed by atoms with Gasteiger partial charge in [-0.25, -0.2) is 0 Å². The molecule has 0 saturated heterocycles. The van der Waals surface area contributed by atoms with Gasteiger partial charge in [-0.3, -0.25) is 4.79 Å². The van der Waals surface area contributed by atoms with Gasteiger partial charge >= 0.3 is 5.97 Å². The highest BCUT2D eigenvalue weighted by atomic mass is 16.5. The lowest BCUT2D eigenvalue weighted by Gasteiger charge is -1.96. The number of carbonyl (C=O) groups excluding carboxylic acids is 1. The molecule has 0 atom stereocenters. The zero-order valence-corrected chi connectivity index (χ0v) is 7.80. The Kier molecular flexibility index (Phi) is 6.07. The molecule has 0 aliphatic carbocycles. The summed E-state index contributed by atoms with van der Waals surface area (Å²) in [6, 6.07) is 0. The van der Waals surface area contributed by atoms with Gasteiger partial charge in [0.05, 0.1) is 6.26 Å². The van der Waals surface area contributed by atoms with E-state index in [9.17, 15) is 4.79 Å². The zero-order valence-electron chi connectivity index (χ0n) is 7.80. The van der Waals surface area contributed by atoms with Gasteiger partial charge in [-0.2, -0.15) is 0 Å². The molecule has 0 N–H and O–H groups in total. The first-order valence-electron chi connectivity index (χ1n) is 4.18. The summed E-state index contributed by atoms with van der Waals surface area (Å²) in [5, 5.41) is 0. The third-order valence-corrected chi connectivity index (χ3v) is 1.29. The maximum absolute atomic E-state index is 10.9. The van der Waals surface area contributed by atoms with Crippen LogP contribution < -0.4 is 0 Å². The van der Waals surface area contributed by atoms with Gasteiger partial charge in [0.1, 0.15) is 0 Å². The third kappa shape index (κ3) is 7.06. The van der Waals surface area contributed by atoms with Gasteiger partial charge in [-0.05, 0) is 19.4 Å². The first-order chi connectivity index (χ1) is 5.66. The van der Waals surface area contributed by atoms with Gasteiger partial charge in [0.15, 0.2) is 0 Å². The van der Waals surface area contributed by atoms with Crippen LogP contribution in [0.2, 0.25) is 0 Å². The van der Waals surface area contributed by atoms with Crippen molar-refractivity contribution in [2.75, 3.05) is 0 Å². The van der Waals surface area contributed by atoms with E-state index in [-0.39, 0.29) is 5.97 Å². The second kappa shape index (κ2) is 6.65. The molecule has 2 heteroatoms. The second-order valence-corrected chi connectivity index (χ2v) is 2.74. The fourth-order valence-corrected chi connectivity index (χ4v) is 0.606. The van der Waals surface area contributed by atoms with Gasteiger partial charge < -0.3 is 4.74 Å². The molecule has 0 aromatic carbocycles. The number of esters is 1. The summed E-state index contributed by atoms with van der Waals surface area (Å²) in [5.74, 6) is -0.172. The number of carbonyl (C=O) groups is 1. The van der Waals surface area contributed by atoms with Crippen LogP contribution >= 0.6 is 0 Å². The first-order valence-corrected chi connectivity index (χ1v) is 4.18. The number of ether oxygens (including phenoxy) is 1. The standard InChI is InChI=1S/C10H16O2/c1-4-5-6-10(11)12-8-7-9(2)3/h7-8H,2,4-6H2,1,3H3. The molecule has 68 valence electrons. The SMILES string of the molecule is C=C(C)C=COC(=O)CCCC. The Morgan fingerprint density at radius 3 is 2.75 bits per heavy atom. The largest absolute Gasteiger partial charge is 0.434 e. The molecule has 0 aliphatic heterocycles. The molecule has 0 aromatic rings. The number of hydrogen-bond acceptors (Lipinski definition) is 2. The van der Waals surface area contributed by atoms with Gasteiger partial charge in [0, 0.05) is 6.42 Å². The molecular formula is C10H16O2. The Bertz CT molecular complexity index is 180. The quantitative estimate of drug-likeness (QED) is 0.358. The van der Waals surface area contributed by atoms with E-state index in [0.29, 0.717) is 6.42 Å². The van der Waals surface area contributed by atoms with E-state index in [1.54, 1.807) is 6.08 Å². The van der Waals surface area contributed by atoms with Gasteiger partial charge in [0.25, 0.3) is 0 Å². The molecule has 12 heavy (non-hydrogen) atoms. The minimum atomic E-state index is -0.172. The van der Waals surface area contributed by atoms with Crippen LogP contribution in [-0.2, 0) is 9.53 Å². The highest BCUT2D eigenvalue weighted by Crippen LogP contribution is 1.97. The Balaban J connectivity index is 3.50. The molecule has 0 aliphatic rings. The van der Waals surface area contributed by atoms with Crippen molar-refractivity contribution in [2.45, 2.75) is 33.1 Å². The van der Waals surface area contributed by atoms with Gasteiger partial charge in [0.2, 0.25) is 0 Å². The van der Waals surface area contributed by atoms with Crippen molar-refractivity contribution in [1.29, 1.82) is 0 Å². The first kappa shape index (κ1) is 11.0. The average molecular weight is 168 g/mol. The summed E-state index contributed by atoms with van der Waals surface area (Å²) >= 11 is 0. The number of hydrogen-bond donors (Lipinski definition) is 0. The van der Waals surface area contributed by atoms with Crippen LogP contribution in [0.3, 0.4) is 0 Å². The van der Waals surface area contributed by atoms with Crippen molar-refractivity contribution in [2.24, 2.45) is 0 Å². The van der Waals surface area contributed by atoms with E-state index < -0.39 is 0 Å². The van der Waals surface area contributed by atoms with Crippen LogP contribution in [0, 0.1) is 0 Å². The Morgan fingerprint density at radius 1 is 1.58 bits per heavy atom.